The normalized spacial score (nSPS) is 23.6. The molecule has 0 amide bonds. The van der Waals surface area contributed by atoms with E-state index in [-0.39, 0.29) is 0 Å². The fourth-order valence-electron chi connectivity index (χ4n) is 4.41. The molecule has 0 spiro atoms. The van der Waals surface area contributed by atoms with E-state index in [1.54, 1.807) is 0 Å². The zero-order chi connectivity index (χ0) is 15.8. The van der Waals surface area contributed by atoms with Crippen LogP contribution in [0.4, 0.5) is 0 Å². The first-order valence-corrected chi connectivity index (χ1v) is 9.50. The van der Waals surface area contributed by atoms with Gasteiger partial charge >= 0.3 is 0 Å². The van der Waals surface area contributed by atoms with Gasteiger partial charge in [0.05, 0.1) is 0 Å². The number of nitrogens with zero attached hydrogens (tertiary/aromatic N) is 1. The lowest BCUT2D eigenvalue weighted by Gasteiger charge is -2.42. The first kappa shape index (κ1) is 17.5. The van der Waals surface area contributed by atoms with Crippen molar-refractivity contribution in [1.29, 1.82) is 0 Å². The fraction of sp³-hybridized carbons (Fsp3) is 0.714. The molecule has 3 unspecified atom stereocenters. The van der Waals surface area contributed by atoms with Gasteiger partial charge in [-0.2, -0.15) is 0 Å². The van der Waals surface area contributed by atoms with E-state index in [1.165, 1.54) is 56.9 Å². The highest BCUT2D eigenvalue weighted by Crippen LogP contribution is 2.37. The van der Waals surface area contributed by atoms with Gasteiger partial charge in [0.15, 0.2) is 0 Å². The highest BCUT2D eigenvalue weighted by Gasteiger charge is 2.32. The summed E-state index contributed by atoms with van der Waals surface area (Å²) in [7, 11) is 2.35. The van der Waals surface area contributed by atoms with Gasteiger partial charge in [-0.3, -0.25) is 4.90 Å². The molecule has 1 nitrogen and oxygen atoms in total. The van der Waals surface area contributed by atoms with E-state index >= 15 is 0 Å². The van der Waals surface area contributed by atoms with Gasteiger partial charge in [0.25, 0.3) is 0 Å². The summed E-state index contributed by atoms with van der Waals surface area (Å²) < 4.78 is 0. The topological polar surface area (TPSA) is 3.24 Å². The van der Waals surface area contributed by atoms with Crippen molar-refractivity contribution in [1.82, 2.24) is 4.90 Å². The molecule has 0 aromatic heterocycles. The molecule has 22 heavy (non-hydrogen) atoms. The molecule has 1 saturated carbocycles. The summed E-state index contributed by atoms with van der Waals surface area (Å²) >= 11 is 0. The van der Waals surface area contributed by atoms with Crippen LogP contribution in [0, 0.1) is 11.8 Å². The van der Waals surface area contributed by atoms with Gasteiger partial charge in [-0.15, -0.1) is 0 Å². The summed E-state index contributed by atoms with van der Waals surface area (Å²) in [5.74, 6) is 1.85. The van der Waals surface area contributed by atoms with Crippen LogP contribution in [0.15, 0.2) is 30.3 Å². The maximum absolute atomic E-state index is 2.65. The Morgan fingerprint density at radius 1 is 1.09 bits per heavy atom. The SMILES string of the molecule is CCCCC(CC)C1CCCCC1N(C)Cc1ccccc1. The fourth-order valence-corrected chi connectivity index (χ4v) is 4.41. The molecule has 1 aliphatic rings. The van der Waals surface area contributed by atoms with Crippen molar-refractivity contribution in [3.8, 4) is 0 Å². The molecular weight excluding hydrogens is 266 g/mol. The Labute approximate surface area is 138 Å². The Bertz CT molecular complexity index is 400. The van der Waals surface area contributed by atoms with Gasteiger partial charge in [0.1, 0.15) is 0 Å². The van der Waals surface area contributed by atoms with Crippen LogP contribution >= 0.6 is 0 Å². The molecule has 1 aromatic carbocycles. The minimum absolute atomic E-state index is 0.788. The molecular formula is C21H35N. The Morgan fingerprint density at radius 2 is 1.82 bits per heavy atom. The lowest BCUT2D eigenvalue weighted by Crippen LogP contribution is -2.42. The van der Waals surface area contributed by atoms with E-state index in [9.17, 15) is 0 Å². The van der Waals surface area contributed by atoms with Crippen LogP contribution in [0.1, 0.15) is 70.8 Å². The Kier molecular flexibility index (Phi) is 7.45. The van der Waals surface area contributed by atoms with Crippen LogP contribution in [-0.4, -0.2) is 18.0 Å². The van der Waals surface area contributed by atoms with Crippen molar-refractivity contribution < 1.29 is 0 Å². The number of hydrogen-bond donors (Lipinski definition) is 0. The van der Waals surface area contributed by atoms with Gasteiger partial charge in [0.2, 0.25) is 0 Å². The molecule has 0 bridgehead atoms. The summed E-state index contributed by atoms with van der Waals surface area (Å²) in [4.78, 5) is 2.65. The predicted octanol–water partition coefficient (Wildman–Crippen LogP) is 5.89. The Morgan fingerprint density at radius 3 is 2.50 bits per heavy atom. The van der Waals surface area contributed by atoms with Crippen molar-refractivity contribution >= 4 is 0 Å². The third-order valence-corrected chi connectivity index (χ3v) is 5.68. The molecule has 1 aromatic rings. The standard InChI is InChI=1S/C21H35N/c1-4-6-14-19(5-2)20-15-10-11-16-21(20)22(3)17-18-12-8-7-9-13-18/h7-9,12-13,19-21H,4-6,10-11,14-17H2,1-3H3. The molecule has 0 N–H and O–H groups in total. The van der Waals surface area contributed by atoms with Crippen LogP contribution in [0.5, 0.6) is 0 Å². The molecule has 124 valence electrons. The quantitative estimate of drug-likeness (QED) is 0.578. The van der Waals surface area contributed by atoms with Crippen molar-refractivity contribution in [3.05, 3.63) is 35.9 Å². The molecule has 0 saturated heterocycles. The minimum Gasteiger partial charge on any atom is -0.299 e. The molecule has 1 heteroatoms. The monoisotopic (exact) mass is 301 g/mol. The zero-order valence-corrected chi connectivity index (χ0v) is 14.9. The third-order valence-electron chi connectivity index (χ3n) is 5.68. The van der Waals surface area contributed by atoms with E-state index in [0.29, 0.717) is 0 Å². The number of benzene rings is 1. The molecule has 1 aliphatic carbocycles. The van der Waals surface area contributed by atoms with Crippen molar-refractivity contribution in [3.63, 3.8) is 0 Å². The van der Waals surface area contributed by atoms with Crippen LogP contribution in [0.3, 0.4) is 0 Å². The first-order chi connectivity index (χ1) is 10.8. The summed E-state index contributed by atoms with van der Waals surface area (Å²) in [6, 6.07) is 11.8. The maximum Gasteiger partial charge on any atom is 0.0233 e. The van der Waals surface area contributed by atoms with E-state index in [0.717, 1.165) is 24.4 Å². The Balaban J connectivity index is 2.01. The van der Waals surface area contributed by atoms with Gasteiger partial charge in [-0.1, -0.05) is 82.7 Å². The number of hydrogen-bond acceptors (Lipinski definition) is 1. The molecule has 0 aliphatic heterocycles. The van der Waals surface area contributed by atoms with Gasteiger partial charge in [-0.25, -0.2) is 0 Å². The highest BCUT2D eigenvalue weighted by atomic mass is 15.1. The molecule has 0 radical (unpaired) electrons. The molecule has 2 rings (SSSR count). The van der Waals surface area contributed by atoms with Gasteiger partial charge in [0, 0.05) is 12.6 Å². The summed E-state index contributed by atoms with van der Waals surface area (Å²) in [6.07, 6.45) is 11.3. The second-order valence-electron chi connectivity index (χ2n) is 7.23. The van der Waals surface area contributed by atoms with E-state index in [4.69, 9.17) is 0 Å². The average Bonchev–Trinajstić information content (AvgIpc) is 2.57. The number of rotatable bonds is 8. The first-order valence-electron chi connectivity index (χ1n) is 9.50. The molecule has 0 heterocycles. The maximum atomic E-state index is 2.65. The van der Waals surface area contributed by atoms with Crippen LogP contribution in [0.2, 0.25) is 0 Å². The largest absolute Gasteiger partial charge is 0.299 e. The smallest absolute Gasteiger partial charge is 0.0233 e. The molecule has 1 fully saturated rings. The van der Waals surface area contributed by atoms with Gasteiger partial charge < -0.3 is 0 Å². The highest BCUT2D eigenvalue weighted by molar-refractivity contribution is 5.14. The van der Waals surface area contributed by atoms with Crippen LogP contribution in [0.25, 0.3) is 0 Å². The van der Waals surface area contributed by atoms with Crippen molar-refractivity contribution in [2.24, 2.45) is 11.8 Å². The van der Waals surface area contributed by atoms with Crippen molar-refractivity contribution in [2.75, 3.05) is 7.05 Å². The minimum atomic E-state index is 0.788. The zero-order valence-electron chi connectivity index (χ0n) is 14.9. The average molecular weight is 302 g/mol. The lowest BCUT2D eigenvalue weighted by atomic mass is 9.73. The summed E-state index contributed by atoms with van der Waals surface area (Å²) in [5, 5.41) is 0. The van der Waals surface area contributed by atoms with Crippen molar-refractivity contribution in [2.45, 2.75) is 77.8 Å². The van der Waals surface area contributed by atoms with Crippen LogP contribution in [-0.2, 0) is 6.54 Å². The summed E-state index contributed by atoms with van der Waals surface area (Å²) in [6.45, 7) is 5.84. The second kappa shape index (κ2) is 9.35. The van der Waals surface area contributed by atoms with Crippen LogP contribution < -0.4 is 0 Å². The van der Waals surface area contributed by atoms with Gasteiger partial charge in [-0.05, 0) is 37.3 Å². The third kappa shape index (κ3) is 4.84. The predicted molar refractivity (Wildman–Crippen MR) is 97.0 cm³/mol. The Hall–Kier alpha value is -0.820. The molecule has 3 atom stereocenters. The summed E-state index contributed by atoms with van der Waals surface area (Å²) in [5.41, 5.74) is 1.45. The lowest BCUT2D eigenvalue weighted by molar-refractivity contribution is 0.0780. The van der Waals surface area contributed by atoms with E-state index in [2.05, 4.69) is 56.1 Å². The van der Waals surface area contributed by atoms with E-state index in [1.807, 2.05) is 0 Å². The van der Waals surface area contributed by atoms with E-state index < -0.39 is 0 Å². The second-order valence-corrected chi connectivity index (χ2v) is 7.23. The number of unbranched alkanes of at least 4 members (excludes halogenated alkanes) is 1.